The van der Waals surface area contributed by atoms with Crippen LogP contribution in [0, 0.1) is 11.7 Å². The Bertz CT molecular complexity index is 968. The molecule has 7 heteroatoms. The molecule has 1 unspecified atom stereocenters. The van der Waals surface area contributed by atoms with Gasteiger partial charge in [-0.1, -0.05) is 12.1 Å². The summed E-state index contributed by atoms with van der Waals surface area (Å²) in [5, 5.41) is 2.81. The summed E-state index contributed by atoms with van der Waals surface area (Å²) in [5.41, 5.74) is 2.45. The molecule has 3 aromatic rings. The molecular formula is C18H15FN4O2. The molecule has 1 aromatic heterocycles. The summed E-state index contributed by atoms with van der Waals surface area (Å²) in [6, 6.07) is 11.4. The number of para-hydroxylation sites is 1. The zero-order valence-corrected chi connectivity index (χ0v) is 13.2. The number of carbonyl (C=O) groups is 2. The third-order valence-corrected chi connectivity index (χ3v) is 4.33. The summed E-state index contributed by atoms with van der Waals surface area (Å²) in [6.07, 6.45) is 1.64. The van der Waals surface area contributed by atoms with Crippen molar-refractivity contribution in [2.24, 2.45) is 5.92 Å². The van der Waals surface area contributed by atoms with Crippen molar-refractivity contribution in [3.63, 3.8) is 0 Å². The zero-order valence-electron chi connectivity index (χ0n) is 13.2. The number of aromatic amines is 1. The van der Waals surface area contributed by atoms with E-state index in [9.17, 15) is 14.0 Å². The van der Waals surface area contributed by atoms with E-state index >= 15 is 0 Å². The fraction of sp³-hybridized carbons (Fsp3) is 0.167. The maximum atomic E-state index is 13.9. The van der Waals surface area contributed by atoms with Gasteiger partial charge >= 0.3 is 0 Å². The lowest BCUT2D eigenvalue weighted by molar-refractivity contribution is -0.122. The zero-order chi connectivity index (χ0) is 17.4. The van der Waals surface area contributed by atoms with E-state index in [2.05, 4.69) is 15.3 Å². The Balaban J connectivity index is 1.49. The van der Waals surface area contributed by atoms with Gasteiger partial charge in [0.1, 0.15) is 5.82 Å². The second-order valence-electron chi connectivity index (χ2n) is 5.98. The molecule has 0 radical (unpaired) electrons. The topological polar surface area (TPSA) is 78.1 Å². The number of hydrogen-bond donors (Lipinski definition) is 2. The van der Waals surface area contributed by atoms with Crippen molar-refractivity contribution in [1.82, 2.24) is 9.97 Å². The maximum absolute atomic E-state index is 13.9. The van der Waals surface area contributed by atoms with E-state index in [0.29, 0.717) is 5.69 Å². The van der Waals surface area contributed by atoms with Crippen LogP contribution < -0.4 is 10.2 Å². The van der Waals surface area contributed by atoms with E-state index in [0.717, 1.165) is 11.0 Å². The van der Waals surface area contributed by atoms with Crippen LogP contribution in [-0.2, 0) is 9.59 Å². The molecule has 2 aromatic carbocycles. The van der Waals surface area contributed by atoms with Crippen molar-refractivity contribution in [3.8, 4) is 0 Å². The van der Waals surface area contributed by atoms with Crippen LogP contribution in [0.1, 0.15) is 6.42 Å². The number of carbonyl (C=O) groups excluding carboxylic acids is 2. The first-order valence-electron chi connectivity index (χ1n) is 7.91. The second kappa shape index (κ2) is 6.01. The largest absolute Gasteiger partial charge is 0.345 e. The van der Waals surface area contributed by atoms with E-state index in [1.165, 1.54) is 11.0 Å². The van der Waals surface area contributed by atoms with Gasteiger partial charge in [-0.3, -0.25) is 9.59 Å². The number of anilines is 2. The highest BCUT2D eigenvalue weighted by atomic mass is 19.1. The average molecular weight is 338 g/mol. The summed E-state index contributed by atoms with van der Waals surface area (Å²) in [4.78, 5) is 33.1. The van der Waals surface area contributed by atoms with Crippen LogP contribution in [0.4, 0.5) is 15.8 Å². The smallest absolute Gasteiger partial charge is 0.229 e. The van der Waals surface area contributed by atoms with E-state index < -0.39 is 11.7 Å². The molecule has 126 valence electrons. The summed E-state index contributed by atoms with van der Waals surface area (Å²) in [5.74, 6) is -1.51. The quantitative estimate of drug-likeness (QED) is 0.771. The van der Waals surface area contributed by atoms with E-state index in [4.69, 9.17) is 0 Å². The lowest BCUT2D eigenvalue weighted by Gasteiger charge is -2.17. The Morgan fingerprint density at radius 2 is 2.12 bits per heavy atom. The predicted molar refractivity (Wildman–Crippen MR) is 91.6 cm³/mol. The van der Waals surface area contributed by atoms with Gasteiger partial charge in [0.15, 0.2) is 0 Å². The first kappa shape index (κ1) is 15.3. The summed E-state index contributed by atoms with van der Waals surface area (Å²) in [7, 11) is 0. The minimum absolute atomic E-state index is 0.0620. The van der Waals surface area contributed by atoms with Crippen molar-refractivity contribution in [2.75, 3.05) is 16.8 Å². The van der Waals surface area contributed by atoms with E-state index in [-0.39, 0.29) is 30.5 Å². The number of fused-ring (bicyclic) bond motifs is 1. The van der Waals surface area contributed by atoms with Gasteiger partial charge in [0.2, 0.25) is 11.8 Å². The maximum Gasteiger partial charge on any atom is 0.229 e. The third-order valence-electron chi connectivity index (χ3n) is 4.33. The highest BCUT2D eigenvalue weighted by Gasteiger charge is 2.36. The molecule has 2 heterocycles. The van der Waals surface area contributed by atoms with Crippen LogP contribution in [0.5, 0.6) is 0 Å². The van der Waals surface area contributed by atoms with Crippen LogP contribution in [-0.4, -0.2) is 28.3 Å². The number of amides is 2. The molecule has 1 atom stereocenters. The molecule has 1 saturated heterocycles. The van der Waals surface area contributed by atoms with Gasteiger partial charge in [-0.2, -0.15) is 0 Å². The first-order valence-corrected chi connectivity index (χ1v) is 7.91. The van der Waals surface area contributed by atoms with Gasteiger partial charge in [0.05, 0.1) is 29.0 Å². The molecule has 25 heavy (non-hydrogen) atoms. The molecule has 1 aliphatic heterocycles. The molecule has 0 bridgehead atoms. The number of imidazole rings is 1. The Morgan fingerprint density at radius 3 is 2.96 bits per heavy atom. The molecule has 4 rings (SSSR count). The van der Waals surface area contributed by atoms with Crippen LogP contribution in [0.15, 0.2) is 48.8 Å². The van der Waals surface area contributed by atoms with Crippen LogP contribution in [0.25, 0.3) is 11.0 Å². The Morgan fingerprint density at radius 1 is 1.28 bits per heavy atom. The van der Waals surface area contributed by atoms with Gasteiger partial charge in [-0.25, -0.2) is 9.37 Å². The van der Waals surface area contributed by atoms with Crippen molar-refractivity contribution in [3.05, 3.63) is 54.6 Å². The molecule has 6 nitrogen and oxygen atoms in total. The fourth-order valence-electron chi connectivity index (χ4n) is 3.04. The summed E-state index contributed by atoms with van der Waals surface area (Å²) in [6.45, 7) is 0.165. The number of benzene rings is 2. The number of nitrogens with zero attached hydrogens (tertiary/aromatic N) is 2. The average Bonchev–Trinajstić information content (AvgIpc) is 3.21. The van der Waals surface area contributed by atoms with Gasteiger partial charge in [0, 0.05) is 18.7 Å². The van der Waals surface area contributed by atoms with Crippen molar-refractivity contribution >= 4 is 34.2 Å². The highest BCUT2D eigenvalue weighted by Crippen LogP contribution is 2.28. The molecule has 0 aliphatic carbocycles. The van der Waals surface area contributed by atoms with Crippen LogP contribution in [0.2, 0.25) is 0 Å². The molecule has 2 amide bonds. The number of rotatable bonds is 3. The first-order chi connectivity index (χ1) is 12.1. The monoisotopic (exact) mass is 338 g/mol. The normalized spacial score (nSPS) is 17.2. The molecule has 1 fully saturated rings. The summed E-state index contributed by atoms with van der Waals surface area (Å²) >= 11 is 0. The highest BCUT2D eigenvalue weighted by molar-refractivity contribution is 6.04. The van der Waals surface area contributed by atoms with Gasteiger partial charge in [0.25, 0.3) is 0 Å². The van der Waals surface area contributed by atoms with Crippen molar-refractivity contribution < 1.29 is 14.0 Å². The van der Waals surface area contributed by atoms with Gasteiger partial charge in [-0.05, 0) is 30.3 Å². The number of halogens is 1. The number of H-pyrrole nitrogens is 1. The Kier molecular flexibility index (Phi) is 3.68. The van der Waals surface area contributed by atoms with Crippen LogP contribution >= 0.6 is 0 Å². The lowest BCUT2D eigenvalue weighted by atomic mass is 10.1. The van der Waals surface area contributed by atoms with Crippen LogP contribution in [0.3, 0.4) is 0 Å². The molecule has 2 N–H and O–H groups in total. The molecule has 0 saturated carbocycles. The predicted octanol–water partition coefficient (Wildman–Crippen LogP) is 2.69. The van der Waals surface area contributed by atoms with E-state index in [1.54, 1.807) is 42.7 Å². The summed E-state index contributed by atoms with van der Waals surface area (Å²) < 4.78 is 13.9. The third kappa shape index (κ3) is 2.84. The lowest BCUT2D eigenvalue weighted by Crippen LogP contribution is -2.28. The molecular weight excluding hydrogens is 323 g/mol. The van der Waals surface area contributed by atoms with Gasteiger partial charge < -0.3 is 15.2 Å². The second-order valence-corrected chi connectivity index (χ2v) is 5.98. The van der Waals surface area contributed by atoms with Crippen molar-refractivity contribution in [1.29, 1.82) is 0 Å². The minimum atomic E-state index is -0.524. The SMILES string of the molecule is O=C(Nc1ccc2nc[nH]c2c1)C1CC(=O)N(c2ccccc2F)C1. The van der Waals surface area contributed by atoms with E-state index in [1.807, 2.05) is 0 Å². The molecule has 1 aliphatic rings. The Hall–Kier alpha value is -3.22. The van der Waals surface area contributed by atoms with Gasteiger partial charge in [-0.15, -0.1) is 0 Å². The Labute approximate surface area is 142 Å². The standard InChI is InChI=1S/C18H15FN4O2/c19-13-3-1-2-4-16(13)23-9-11(7-17(23)24)18(25)22-12-5-6-14-15(8-12)21-10-20-14/h1-6,8,10-11H,7,9H2,(H,20,21)(H,22,25). The minimum Gasteiger partial charge on any atom is -0.345 e. The fourth-order valence-corrected chi connectivity index (χ4v) is 3.04. The van der Waals surface area contributed by atoms with Crippen molar-refractivity contribution in [2.45, 2.75) is 6.42 Å². The number of hydrogen-bond acceptors (Lipinski definition) is 3. The number of nitrogens with one attached hydrogen (secondary N) is 2. The number of aromatic nitrogens is 2. The molecule has 0 spiro atoms.